The summed E-state index contributed by atoms with van der Waals surface area (Å²) < 4.78 is 0. The van der Waals surface area contributed by atoms with Gasteiger partial charge in [-0.3, -0.25) is 4.79 Å². The van der Waals surface area contributed by atoms with Gasteiger partial charge < -0.3 is 25.0 Å². The summed E-state index contributed by atoms with van der Waals surface area (Å²) in [5.41, 5.74) is 1.54. The van der Waals surface area contributed by atoms with Gasteiger partial charge in [0.05, 0.1) is 33.2 Å². The van der Waals surface area contributed by atoms with E-state index in [1.165, 1.54) is 4.90 Å². The number of anilines is 2. The Hall–Kier alpha value is -2.08. The van der Waals surface area contributed by atoms with Crippen LogP contribution in [-0.2, 0) is 9.59 Å². The molecule has 102 valence electrons. The van der Waals surface area contributed by atoms with Gasteiger partial charge in [0.2, 0.25) is 0 Å². The van der Waals surface area contributed by atoms with Crippen molar-refractivity contribution < 1.29 is 19.6 Å². The number of amides is 1. The molecule has 0 unspecified atom stereocenters. The molecule has 1 fully saturated rings. The number of likely N-dealkylation sites (N-methyl/N-ethyl adjacent to an activating group) is 1. The number of carboxylic acids is 1. The number of rotatable bonds is 2. The van der Waals surface area contributed by atoms with Crippen molar-refractivity contribution in [2.24, 2.45) is 0 Å². The quantitative estimate of drug-likeness (QED) is 0.589. The van der Waals surface area contributed by atoms with Crippen molar-refractivity contribution in [3.05, 3.63) is 24.3 Å². The van der Waals surface area contributed by atoms with Gasteiger partial charge in [0, 0.05) is 11.4 Å². The van der Waals surface area contributed by atoms with Crippen LogP contribution in [0.4, 0.5) is 11.4 Å². The summed E-state index contributed by atoms with van der Waals surface area (Å²) >= 11 is 0. The number of hydrogen-bond acceptors (Lipinski definition) is 4. The molecule has 19 heavy (non-hydrogen) atoms. The third-order valence-electron chi connectivity index (χ3n) is 3.29. The van der Waals surface area contributed by atoms with E-state index in [9.17, 15) is 14.7 Å². The first kappa shape index (κ1) is 13.4. The Labute approximate surface area is 111 Å². The molecule has 1 saturated heterocycles. The second kappa shape index (κ2) is 5.71. The van der Waals surface area contributed by atoms with Crippen molar-refractivity contribution in [1.29, 1.82) is 0 Å². The topological polar surface area (TPSA) is 76.9 Å². The van der Waals surface area contributed by atoms with Gasteiger partial charge in [-0.05, 0) is 24.3 Å². The highest BCUT2D eigenvalue weighted by Crippen LogP contribution is 2.17. The average Bonchev–Trinajstić information content (AvgIpc) is 2.40. The van der Waals surface area contributed by atoms with E-state index in [0.717, 1.165) is 31.9 Å². The van der Waals surface area contributed by atoms with Crippen LogP contribution in [0.3, 0.4) is 0 Å². The maximum absolute atomic E-state index is 10.9. The standard InChI is InChI=1S/C13H17N3O3/c1-15-6-8-16(9-7-15)11-4-2-10(3-5-11)14-12(17)13(18)19/h2-5H,6-9H2,1H3,(H,14,17)(H,18,19). The normalized spacial score (nSPS) is 16.2. The highest BCUT2D eigenvalue weighted by atomic mass is 16.4. The molecule has 1 aromatic rings. The molecule has 0 atom stereocenters. The molecular formula is C13H17N3O3. The molecule has 1 aliphatic heterocycles. The molecule has 2 N–H and O–H groups in total. The molecule has 1 aromatic carbocycles. The van der Waals surface area contributed by atoms with Crippen molar-refractivity contribution in [2.75, 3.05) is 43.4 Å². The number of quaternary nitrogens is 1. The summed E-state index contributed by atoms with van der Waals surface area (Å²) in [5.74, 6) is -2.86. The number of aliphatic carboxylic acids is 1. The lowest BCUT2D eigenvalue weighted by atomic mass is 10.2. The zero-order valence-corrected chi connectivity index (χ0v) is 10.8. The maximum atomic E-state index is 10.9. The first-order valence-corrected chi connectivity index (χ1v) is 6.25. The van der Waals surface area contributed by atoms with Crippen LogP contribution >= 0.6 is 0 Å². The zero-order chi connectivity index (χ0) is 13.8. The minimum atomic E-state index is -1.73. The zero-order valence-electron chi connectivity index (χ0n) is 10.8. The van der Waals surface area contributed by atoms with Crippen LogP contribution in [0.1, 0.15) is 0 Å². The molecule has 0 spiro atoms. The van der Waals surface area contributed by atoms with Gasteiger partial charge in [0.25, 0.3) is 5.91 Å². The maximum Gasteiger partial charge on any atom is 0.271 e. The average molecular weight is 263 g/mol. The van der Waals surface area contributed by atoms with Gasteiger partial charge in [-0.15, -0.1) is 0 Å². The fourth-order valence-corrected chi connectivity index (χ4v) is 2.08. The van der Waals surface area contributed by atoms with Gasteiger partial charge in [-0.1, -0.05) is 0 Å². The van der Waals surface area contributed by atoms with Gasteiger partial charge in [0.1, 0.15) is 5.97 Å². The van der Waals surface area contributed by atoms with Gasteiger partial charge in [0.15, 0.2) is 0 Å². The molecule has 0 bridgehead atoms. The molecule has 0 aromatic heterocycles. The number of nitrogens with zero attached hydrogens (tertiary/aromatic N) is 1. The fraction of sp³-hybridized carbons (Fsp3) is 0.385. The van der Waals surface area contributed by atoms with Crippen LogP contribution in [-0.4, -0.2) is 45.1 Å². The second-order valence-electron chi connectivity index (χ2n) is 4.73. The number of piperazine rings is 1. The van der Waals surface area contributed by atoms with E-state index in [1.807, 2.05) is 12.1 Å². The number of nitrogens with one attached hydrogen (secondary N) is 2. The van der Waals surface area contributed by atoms with Crippen molar-refractivity contribution in [1.82, 2.24) is 0 Å². The second-order valence-corrected chi connectivity index (χ2v) is 4.73. The lowest BCUT2D eigenvalue weighted by Crippen LogP contribution is -3.12. The molecular weight excluding hydrogens is 246 g/mol. The van der Waals surface area contributed by atoms with Crippen molar-refractivity contribution in [3.63, 3.8) is 0 Å². The summed E-state index contributed by atoms with van der Waals surface area (Å²) in [7, 11) is 2.18. The van der Waals surface area contributed by atoms with Crippen LogP contribution in [0, 0.1) is 0 Å². The van der Waals surface area contributed by atoms with Crippen LogP contribution in [0.2, 0.25) is 0 Å². The number of carboxylic acid groups (broad SMARTS) is 1. The molecule has 1 heterocycles. The smallest absolute Gasteiger partial charge is 0.271 e. The minimum absolute atomic E-state index is 0.456. The molecule has 0 radical (unpaired) electrons. The number of carbonyl (C=O) groups excluding carboxylic acids is 2. The Morgan fingerprint density at radius 1 is 1.21 bits per heavy atom. The number of hydrogen-bond donors (Lipinski definition) is 2. The van der Waals surface area contributed by atoms with Crippen molar-refractivity contribution in [3.8, 4) is 0 Å². The molecule has 1 amide bonds. The van der Waals surface area contributed by atoms with E-state index < -0.39 is 11.9 Å². The highest BCUT2D eigenvalue weighted by Gasteiger charge is 2.16. The first-order chi connectivity index (χ1) is 9.06. The molecule has 2 rings (SSSR count). The summed E-state index contributed by atoms with van der Waals surface area (Å²) in [6.07, 6.45) is 0. The van der Waals surface area contributed by atoms with Gasteiger partial charge in [-0.25, -0.2) is 0 Å². The van der Waals surface area contributed by atoms with Crippen molar-refractivity contribution >= 4 is 23.3 Å². The Balaban J connectivity index is 1.98. The van der Waals surface area contributed by atoms with E-state index in [2.05, 4.69) is 17.3 Å². The summed E-state index contributed by atoms with van der Waals surface area (Å²) in [6.45, 7) is 4.19. The summed E-state index contributed by atoms with van der Waals surface area (Å²) in [6, 6.07) is 7.15. The number of benzene rings is 1. The predicted octanol–water partition coefficient (Wildman–Crippen LogP) is -2.29. The van der Waals surface area contributed by atoms with E-state index in [1.54, 1.807) is 12.1 Å². The third kappa shape index (κ3) is 3.45. The molecule has 1 aliphatic rings. The molecule has 6 heteroatoms. The van der Waals surface area contributed by atoms with Crippen LogP contribution in [0.15, 0.2) is 24.3 Å². The van der Waals surface area contributed by atoms with Gasteiger partial charge in [-0.2, -0.15) is 0 Å². The van der Waals surface area contributed by atoms with E-state index in [4.69, 9.17) is 0 Å². The Morgan fingerprint density at radius 3 is 2.32 bits per heavy atom. The number of carbonyl (C=O) groups is 2. The Bertz CT molecular complexity index is 465. The van der Waals surface area contributed by atoms with Crippen LogP contribution in [0.5, 0.6) is 0 Å². The predicted molar refractivity (Wildman–Crippen MR) is 68.9 cm³/mol. The SMILES string of the molecule is C[NH+]1CCN(c2ccc(NC(=O)C(=O)[O-])cc2)CC1. The Morgan fingerprint density at radius 2 is 1.79 bits per heavy atom. The van der Waals surface area contributed by atoms with Gasteiger partial charge >= 0.3 is 0 Å². The molecule has 0 aliphatic carbocycles. The molecule has 6 nitrogen and oxygen atoms in total. The highest BCUT2D eigenvalue weighted by molar-refractivity contribution is 6.35. The van der Waals surface area contributed by atoms with Crippen LogP contribution < -0.4 is 20.2 Å². The monoisotopic (exact) mass is 263 g/mol. The Kier molecular flexibility index (Phi) is 4.01. The minimum Gasteiger partial charge on any atom is -0.540 e. The fourth-order valence-electron chi connectivity index (χ4n) is 2.08. The van der Waals surface area contributed by atoms with E-state index in [-0.39, 0.29) is 0 Å². The molecule has 0 saturated carbocycles. The lowest BCUT2D eigenvalue weighted by molar-refractivity contribution is -0.880. The van der Waals surface area contributed by atoms with Crippen LogP contribution in [0.25, 0.3) is 0 Å². The third-order valence-corrected chi connectivity index (χ3v) is 3.29. The lowest BCUT2D eigenvalue weighted by Gasteiger charge is -2.31. The van der Waals surface area contributed by atoms with Crippen molar-refractivity contribution in [2.45, 2.75) is 0 Å². The van der Waals surface area contributed by atoms with E-state index in [0.29, 0.717) is 5.69 Å². The van der Waals surface area contributed by atoms with E-state index >= 15 is 0 Å². The largest absolute Gasteiger partial charge is 0.540 e. The summed E-state index contributed by atoms with van der Waals surface area (Å²) in [5, 5.41) is 12.6. The first-order valence-electron chi connectivity index (χ1n) is 6.25. The summed E-state index contributed by atoms with van der Waals surface area (Å²) in [4.78, 5) is 25.1.